The lowest BCUT2D eigenvalue weighted by atomic mass is 10.0. The normalized spacial score (nSPS) is 18.3. The number of carbonyl (C=O) groups is 3. The molecule has 7 nitrogen and oxygen atoms in total. The molecule has 1 saturated heterocycles. The topological polar surface area (TPSA) is 125 Å². The second-order valence-electron chi connectivity index (χ2n) is 4.44. The van der Waals surface area contributed by atoms with Gasteiger partial charge in [0.15, 0.2) is 0 Å². The van der Waals surface area contributed by atoms with Crippen LogP contribution in [0, 0.1) is 5.41 Å². The van der Waals surface area contributed by atoms with Gasteiger partial charge in [-0.3, -0.25) is 25.1 Å². The standard InChI is InChI=1S/C13H14N4O3/c14-8-4-2-1-3-7(8)11(15)13(20)16-9-5-6-10(18)17-12(9)19/h1-4,9,15H,5-6,14H2,(H,16,20)(H,17,18,19)/t9-/m1/s1. The van der Waals surface area contributed by atoms with E-state index < -0.39 is 17.9 Å². The van der Waals surface area contributed by atoms with Crippen molar-refractivity contribution < 1.29 is 14.4 Å². The molecule has 0 aliphatic carbocycles. The van der Waals surface area contributed by atoms with Crippen LogP contribution in [0.15, 0.2) is 24.3 Å². The summed E-state index contributed by atoms with van der Waals surface area (Å²) in [7, 11) is 0. The van der Waals surface area contributed by atoms with Crippen LogP contribution in [0.4, 0.5) is 5.69 Å². The van der Waals surface area contributed by atoms with Gasteiger partial charge >= 0.3 is 0 Å². The van der Waals surface area contributed by atoms with Crippen LogP contribution in [0.2, 0.25) is 0 Å². The minimum atomic E-state index is -0.800. The van der Waals surface area contributed by atoms with E-state index in [0.29, 0.717) is 11.3 Å². The monoisotopic (exact) mass is 274 g/mol. The molecule has 0 unspecified atom stereocenters. The second kappa shape index (κ2) is 5.52. The number of imide groups is 1. The van der Waals surface area contributed by atoms with Gasteiger partial charge in [-0.1, -0.05) is 18.2 Å². The van der Waals surface area contributed by atoms with Crippen molar-refractivity contribution in [3.63, 3.8) is 0 Å². The predicted molar refractivity (Wildman–Crippen MR) is 72.0 cm³/mol. The first kappa shape index (κ1) is 13.7. The highest BCUT2D eigenvalue weighted by atomic mass is 16.2. The number of para-hydroxylation sites is 1. The number of nitrogens with two attached hydrogens (primary N) is 1. The minimum Gasteiger partial charge on any atom is -0.398 e. The Labute approximate surface area is 115 Å². The Morgan fingerprint density at radius 3 is 2.70 bits per heavy atom. The van der Waals surface area contributed by atoms with Crippen LogP contribution in [0.3, 0.4) is 0 Å². The third-order valence-corrected chi connectivity index (χ3v) is 3.00. The molecule has 7 heteroatoms. The highest BCUT2D eigenvalue weighted by Crippen LogP contribution is 2.12. The van der Waals surface area contributed by atoms with Crippen molar-refractivity contribution in [1.82, 2.24) is 10.6 Å². The molecule has 1 aliphatic heterocycles. The van der Waals surface area contributed by atoms with E-state index in [-0.39, 0.29) is 24.5 Å². The molecule has 0 saturated carbocycles. The fourth-order valence-corrected chi connectivity index (χ4v) is 1.91. The Bertz CT molecular complexity index is 597. The van der Waals surface area contributed by atoms with Crippen molar-refractivity contribution in [2.45, 2.75) is 18.9 Å². The fraction of sp³-hybridized carbons (Fsp3) is 0.231. The van der Waals surface area contributed by atoms with Crippen LogP contribution < -0.4 is 16.4 Å². The third-order valence-electron chi connectivity index (χ3n) is 3.00. The van der Waals surface area contributed by atoms with Crippen LogP contribution in [0.1, 0.15) is 18.4 Å². The van der Waals surface area contributed by atoms with Crippen molar-refractivity contribution in [1.29, 1.82) is 5.41 Å². The summed E-state index contributed by atoms with van der Waals surface area (Å²) in [5, 5.41) is 12.4. The zero-order valence-corrected chi connectivity index (χ0v) is 10.6. The molecule has 1 fully saturated rings. The maximum atomic E-state index is 11.9. The number of nitrogens with one attached hydrogen (secondary N) is 3. The van der Waals surface area contributed by atoms with Gasteiger partial charge in [-0.05, 0) is 12.5 Å². The van der Waals surface area contributed by atoms with E-state index in [4.69, 9.17) is 11.1 Å². The fourth-order valence-electron chi connectivity index (χ4n) is 1.91. The molecule has 104 valence electrons. The molecule has 1 atom stereocenters. The van der Waals surface area contributed by atoms with Crippen LogP contribution >= 0.6 is 0 Å². The predicted octanol–water partition coefficient (Wildman–Crippen LogP) is -0.442. The van der Waals surface area contributed by atoms with E-state index in [2.05, 4.69) is 10.6 Å². The highest BCUT2D eigenvalue weighted by Gasteiger charge is 2.29. The van der Waals surface area contributed by atoms with E-state index in [1.165, 1.54) is 0 Å². The van der Waals surface area contributed by atoms with Crippen LogP contribution in [0.5, 0.6) is 0 Å². The molecule has 5 N–H and O–H groups in total. The molecular weight excluding hydrogens is 260 g/mol. The average Bonchev–Trinajstić information content (AvgIpc) is 2.41. The van der Waals surface area contributed by atoms with Gasteiger partial charge in [-0.25, -0.2) is 0 Å². The molecule has 1 aromatic carbocycles. The first-order chi connectivity index (χ1) is 9.49. The first-order valence-electron chi connectivity index (χ1n) is 6.07. The van der Waals surface area contributed by atoms with Gasteiger partial charge in [0.25, 0.3) is 5.91 Å². The number of nitrogen functional groups attached to an aromatic ring is 1. The summed E-state index contributed by atoms with van der Waals surface area (Å²) in [5.74, 6) is -1.61. The summed E-state index contributed by atoms with van der Waals surface area (Å²) in [6.07, 6.45) is 0.394. The number of rotatable bonds is 3. The van der Waals surface area contributed by atoms with Crippen molar-refractivity contribution in [3.05, 3.63) is 29.8 Å². The number of carbonyl (C=O) groups excluding carboxylic acids is 3. The van der Waals surface area contributed by atoms with Gasteiger partial charge in [0.2, 0.25) is 11.8 Å². The van der Waals surface area contributed by atoms with E-state index in [1.807, 2.05) is 0 Å². The Morgan fingerprint density at radius 1 is 1.35 bits per heavy atom. The Balaban J connectivity index is 2.05. The molecule has 0 spiro atoms. The lowest BCUT2D eigenvalue weighted by Gasteiger charge is -2.22. The van der Waals surface area contributed by atoms with E-state index in [0.717, 1.165) is 0 Å². The summed E-state index contributed by atoms with van der Waals surface area (Å²) in [5.41, 5.74) is 6.00. The van der Waals surface area contributed by atoms with Gasteiger partial charge in [0.05, 0.1) is 0 Å². The van der Waals surface area contributed by atoms with Gasteiger partial charge < -0.3 is 11.1 Å². The van der Waals surface area contributed by atoms with E-state index in [9.17, 15) is 14.4 Å². The number of hydrogen-bond donors (Lipinski definition) is 4. The maximum Gasteiger partial charge on any atom is 0.270 e. The molecular formula is C13H14N4O3. The zero-order chi connectivity index (χ0) is 14.7. The third kappa shape index (κ3) is 2.82. The number of piperidine rings is 1. The second-order valence-corrected chi connectivity index (χ2v) is 4.44. The van der Waals surface area contributed by atoms with Crippen LogP contribution in [-0.4, -0.2) is 29.5 Å². The number of hydrogen-bond acceptors (Lipinski definition) is 5. The van der Waals surface area contributed by atoms with Crippen molar-refractivity contribution >= 4 is 29.1 Å². The molecule has 1 aliphatic rings. The Hall–Kier alpha value is -2.70. The summed E-state index contributed by atoms with van der Waals surface area (Å²) in [4.78, 5) is 34.5. The van der Waals surface area contributed by atoms with Gasteiger partial charge in [0, 0.05) is 17.7 Å². The zero-order valence-electron chi connectivity index (χ0n) is 10.6. The molecule has 1 heterocycles. The van der Waals surface area contributed by atoms with Crippen molar-refractivity contribution in [2.75, 3.05) is 5.73 Å². The van der Waals surface area contributed by atoms with Gasteiger partial charge in [-0.2, -0.15) is 0 Å². The highest BCUT2D eigenvalue weighted by molar-refractivity contribution is 6.45. The number of anilines is 1. The lowest BCUT2D eigenvalue weighted by Crippen LogP contribution is -2.53. The molecule has 2 rings (SSSR count). The van der Waals surface area contributed by atoms with Crippen molar-refractivity contribution in [3.8, 4) is 0 Å². The molecule has 3 amide bonds. The lowest BCUT2D eigenvalue weighted by molar-refractivity contribution is -0.136. The van der Waals surface area contributed by atoms with Gasteiger partial charge in [0.1, 0.15) is 11.8 Å². The molecule has 0 bridgehead atoms. The minimum absolute atomic E-state index is 0.164. The number of amides is 3. The molecule has 20 heavy (non-hydrogen) atoms. The molecule has 1 aromatic rings. The van der Waals surface area contributed by atoms with E-state index in [1.54, 1.807) is 24.3 Å². The van der Waals surface area contributed by atoms with E-state index >= 15 is 0 Å². The molecule has 0 aromatic heterocycles. The van der Waals surface area contributed by atoms with Gasteiger partial charge in [-0.15, -0.1) is 0 Å². The smallest absolute Gasteiger partial charge is 0.270 e. The van der Waals surface area contributed by atoms with Crippen LogP contribution in [0.25, 0.3) is 0 Å². The quantitative estimate of drug-likeness (QED) is 0.338. The van der Waals surface area contributed by atoms with Crippen LogP contribution in [-0.2, 0) is 14.4 Å². The SMILES string of the molecule is N=C(C(=O)N[C@@H]1CCC(=O)NC1=O)c1ccccc1N. The number of benzene rings is 1. The Morgan fingerprint density at radius 2 is 2.05 bits per heavy atom. The van der Waals surface area contributed by atoms with Crippen molar-refractivity contribution in [2.24, 2.45) is 0 Å². The summed E-state index contributed by atoms with van der Waals surface area (Å²) < 4.78 is 0. The Kier molecular flexibility index (Phi) is 3.79. The largest absolute Gasteiger partial charge is 0.398 e. The maximum absolute atomic E-state index is 11.9. The first-order valence-corrected chi connectivity index (χ1v) is 6.07. The summed E-state index contributed by atoms with van der Waals surface area (Å²) in [6, 6.07) is 5.71. The molecule has 0 radical (unpaired) electrons. The summed E-state index contributed by atoms with van der Waals surface area (Å²) >= 11 is 0. The average molecular weight is 274 g/mol. The summed E-state index contributed by atoms with van der Waals surface area (Å²) in [6.45, 7) is 0.